The molecule has 1 heterocycles. The number of aromatic nitrogens is 1. The van der Waals surface area contributed by atoms with E-state index in [0.717, 1.165) is 56.1 Å². The summed E-state index contributed by atoms with van der Waals surface area (Å²) in [6.07, 6.45) is 14.3. The standard InChI is InChI=1S/C37H52N2O3/c1-23(2)27-12-17-37(33(41)39-22-26-9-8-20-38-21-26)19-18-35(6)29(32(27)37)10-11-31-34(5)15-14-30(42-25(4)40)24(3)28(34)13-16-36(31,35)7/h8-9,20-21,27-32H,1,3,10-19,22H2,2,4-7H3,(H,39,41)/t27-,28-,29+,30-,31+,32+,34-,35+,36+,37-/m0/s1. The first-order valence-electron chi connectivity index (χ1n) is 16.6. The number of nitrogens with zero attached hydrogens (tertiary/aromatic N) is 1. The summed E-state index contributed by atoms with van der Waals surface area (Å²) in [5.74, 6) is 2.34. The number of fused-ring (bicyclic) bond motifs is 7. The Labute approximate surface area is 253 Å². The number of nitrogens with one attached hydrogen (secondary N) is 1. The van der Waals surface area contributed by atoms with Crippen molar-refractivity contribution in [3.05, 3.63) is 54.4 Å². The summed E-state index contributed by atoms with van der Waals surface area (Å²) in [5.41, 5.74) is 3.71. The van der Waals surface area contributed by atoms with Gasteiger partial charge in [0.05, 0.1) is 5.41 Å². The maximum Gasteiger partial charge on any atom is 0.303 e. The molecule has 0 bridgehead atoms. The first-order valence-corrected chi connectivity index (χ1v) is 16.6. The second-order valence-electron chi connectivity index (χ2n) is 15.6. The molecule has 1 amide bonds. The molecule has 5 saturated carbocycles. The number of amides is 1. The zero-order chi connectivity index (χ0) is 30.1. The minimum Gasteiger partial charge on any atom is -0.458 e. The van der Waals surface area contributed by atoms with E-state index in [-0.39, 0.29) is 39.6 Å². The van der Waals surface area contributed by atoms with E-state index in [1.165, 1.54) is 31.8 Å². The summed E-state index contributed by atoms with van der Waals surface area (Å²) in [6.45, 7) is 21.0. The molecule has 0 saturated heterocycles. The first kappa shape index (κ1) is 29.6. The summed E-state index contributed by atoms with van der Waals surface area (Å²) in [7, 11) is 0. The second-order valence-corrected chi connectivity index (χ2v) is 15.6. The molecule has 1 aromatic heterocycles. The zero-order valence-electron chi connectivity index (χ0n) is 26.6. The molecule has 0 aliphatic heterocycles. The maximum atomic E-state index is 14.3. The third kappa shape index (κ3) is 4.19. The van der Waals surface area contributed by atoms with Gasteiger partial charge in [-0.2, -0.15) is 0 Å². The molecule has 1 aromatic rings. The summed E-state index contributed by atoms with van der Waals surface area (Å²) < 4.78 is 5.74. The lowest BCUT2D eigenvalue weighted by Gasteiger charge is -2.71. The number of ether oxygens (including phenoxy) is 1. The van der Waals surface area contributed by atoms with E-state index in [2.05, 4.69) is 51.2 Å². The SMILES string of the molecule is C=C(C)[C@@H]1CC[C@]2(C(=O)NCc3cccnc3)CC[C@]3(C)[C@H](CC[C@@H]4[C@@]5(C)CC[C@H](OC(C)=O)C(=C)[C@@H]5CC[C@]43C)[C@@H]12. The van der Waals surface area contributed by atoms with Crippen molar-refractivity contribution >= 4 is 11.9 Å². The number of esters is 1. The molecule has 0 radical (unpaired) electrons. The van der Waals surface area contributed by atoms with Gasteiger partial charge in [0, 0.05) is 25.9 Å². The molecule has 228 valence electrons. The minimum atomic E-state index is -0.309. The van der Waals surface area contributed by atoms with Crippen molar-refractivity contribution in [1.29, 1.82) is 0 Å². The van der Waals surface area contributed by atoms with Gasteiger partial charge in [0.2, 0.25) is 5.91 Å². The van der Waals surface area contributed by atoms with Crippen LogP contribution in [0.5, 0.6) is 0 Å². The molecule has 5 aliphatic carbocycles. The van der Waals surface area contributed by atoms with Crippen molar-refractivity contribution in [1.82, 2.24) is 10.3 Å². The molecule has 6 rings (SSSR count). The molecule has 5 fully saturated rings. The Hall–Kier alpha value is -2.43. The Morgan fingerprint density at radius 3 is 2.48 bits per heavy atom. The van der Waals surface area contributed by atoms with Gasteiger partial charge >= 0.3 is 5.97 Å². The van der Waals surface area contributed by atoms with Gasteiger partial charge < -0.3 is 10.1 Å². The number of carbonyl (C=O) groups excluding carboxylic acids is 2. The number of rotatable bonds is 5. The van der Waals surface area contributed by atoms with Crippen molar-refractivity contribution < 1.29 is 14.3 Å². The molecule has 0 aromatic carbocycles. The molecular formula is C37H52N2O3. The van der Waals surface area contributed by atoms with Crippen molar-refractivity contribution in [2.75, 3.05) is 0 Å². The Morgan fingerprint density at radius 2 is 1.79 bits per heavy atom. The van der Waals surface area contributed by atoms with Gasteiger partial charge in [-0.1, -0.05) is 45.6 Å². The van der Waals surface area contributed by atoms with E-state index >= 15 is 0 Å². The maximum absolute atomic E-state index is 14.3. The fourth-order valence-corrected chi connectivity index (χ4v) is 11.9. The van der Waals surface area contributed by atoms with Crippen molar-refractivity contribution in [3.8, 4) is 0 Å². The molecule has 5 heteroatoms. The fourth-order valence-electron chi connectivity index (χ4n) is 11.9. The Kier molecular flexibility index (Phi) is 7.29. The second kappa shape index (κ2) is 10.3. The lowest BCUT2D eigenvalue weighted by atomic mass is 9.33. The smallest absolute Gasteiger partial charge is 0.303 e. The van der Waals surface area contributed by atoms with Crippen LogP contribution in [0.3, 0.4) is 0 Å². The summed E-state index contributed by atoms with van der Waals surface area (Å²) in [6, 6.07) is 3.98. The van der Waals surface area contributed by atoms with Gasteiger partial charge in [0.1, 0.15) is 6.10 Å². The summed E-state index contributed by atoms with van der Waals surface area (Å²) in [4.78, 5) is 30.3. The van der Waals surface area contributed by atoms with Gasteiger partial charge in [0.15, 0.2) is 0 Å². The molecule has 0 spiro atoms. The third-order valence-electron chi connectivity index (χ3n) is 14.1. The first-order chi connectivity index (χ1) is 19.9. The topological polar surface area (TPSA) is 68.3 Å². The summed E-state index contributed by atoms with van der Waals surface area (Å²) in [5, 5.41) is 3.38. The van der Waals surface area contributed by atoms with Crippen LogP contribution in [0.25, 0.3) is 0 Å². The highest BCUT2D eigenvalue weighted by molar-refractivity contribution is 5.84. The lowest BCUT2D eigenvalue weighted by molar-refractivity contribution is -0.220. The van der Waals surface area contributed by atoms with Crippen LogP contribution in [0.1, 0.15) is 104 Å². The normalized spacial score (nSPS) is 44.2. The number of allylic oxidation sites excluding steroid dienone is 1. The van der Waals surface area contributed by atoms with Crippen LogP contribution in [0.4, 0.5) is 0 Å². The average Bonchev–Trinajstić information content (AvgIpc) is 3.35. The molecule has 5 nitrogen and oxygen atoms in total. The Bertz CT molecular complexity index is 1270. The predicted molar refractivity (Wildman–Crippen MR) is 166 cm³/mol. The van der Waals surface area contributed by atoms with Crippen LogP contribution < -0.4 is 5.32 Å². The van der Waals surface area contributed by atoms with E-state index in [1.807, 2.05) is 18.3 Å². The van der Waals surface area contributed by atoms with Crippen molar-refractivity contribution in [2.24, 2.45) is 51.2 Å². The van der Waals surface area contributed by atoms with Gasteiger partial charge in [-0.3, -0.25) is 14.6 Å². The number of hydrogen-bond acceptors (Lipinski definition) is 4. The van der Waals surface area contributed by atoms with Gasteiger partial charge in [-0.05, 0) is 134 Å². The van der Waals surface area contributed by atoms with E-state index in [9.17, 15) is 9.59 Å². The van der Waals surface area contributed by atoms with E-state index in [0.29, 0.717) is 36.1 Å². The monoisotopic (exact) mass is 572 g/mol. The number of hydrogen-bond donors (Lipinski definition) is 1. The van der Waals surface area contributed by atoms with Crippen LogP contribution in [0, 0.1) is 51.2 Å². The highest BCUT2D eigenvalue weighted by atomic mass is 16.5. The average molecular weight is 573 g/mol. The largest absolute Gasteiger partial charge is 0.458 e. The minimum absolute atomic E-state index is 0.132. The fraction of sp³-hybridized carbons (Fsp3) is 0.703. The van der Waals surface area contributed by atoms with E-state index in [1.54, 1.807) is 6.20 Å². The van der Waals surface area contributed by atoms with Gasteiger partial charge in [-0.25, -0.2) is 0 Å². The van der Waals surface area contributed by atoms with E-state index in [4.69, 9.17) is 4.74 Å². The quantitative estimate of drug-likeness (QED) is 0.289. The van der Waals surface area contributed by atoms with Crippen LogP contribution >= 0.6 is 0 Å². The van der Waals surface area contributed by atoms with Crippen molar-refractivity contribution in [3.63, 3.8) is 0 Å². The van der Waals surface area contributed by atoms with Gasteiger partial charge in [0.25, 0.3) is 0 Å². The molecular weight excluding hydrogens is 520 g/mol. The van der Waals surface area contributed by atoms with Gasteiger partial charge in [-0.15, -0.1) is 0 Å². The van der Waals surface area contributed by atoms with Crippen LogP contribution in [-0.2, 0) is 20.9 Å². The highest BCUT2D eigenvalue weighted by Crippen LogP contribution is 2.76. The Morgan fingerprint density at radius 1 is 1.00 bits per heavy atom. The molecule has 0 unspecified atom stereocenters. The van der Waals surface area contributed by atoms with E-state index < -0.39 is 0 Å². The van der Waals surface area contributed by atoms with Crippen LogP contribution in [0.15, 0.2) is 48.8 Å². The highest BCUT2D eigenvalue weighted by Gasteiger charge is 2.71. The zero-order valence-corrected chi connectivity index (χ0v) is 26.6. The number of carbonyl (C=O) groups is 2. The Balaban J connectivity index is 1.30. The summed E-state index contributed by atoms with van der Waals surface area (Å²) >= 11 is 0. The molecule has 42 heavy (non-hydrogen) atoms. The number of pyridine rings is 1. The molecule has 10 atom stereocenters. The van der Waals surface area contributed by atoms with Crippen LogP contribution in [-0.4, -0.2) is 23.0 Å². The molecule has 1 N–H and O–H groups in total. The lowest BCUT2D eigenvalue weighted by Crippen LogP contribution is -2.66. The predicted octanol–water partition coefficient (Wildman–Crippen LogP) is 7.82. The molecule has 5 aliphatic rings. The third-order valence-corrected chi connectivity index (χ3v) is 14.1. The van der Waals surface area contributed by atoms with Crippen molar-refractivity contribution in [2.45, 2.75) is 111 Å². The van der Waals surface area contributed by atoms with Crippen LogP contribution in [0.2, 0.25) is 0 Å².